The maximum absolute atomic E-state index is 13.3. The van der Waals surface area contributed by atoms with Gasteiger partial charge in [-0.2, -0.15) is 13.2 Å². The van der Waals surface area contributed by atoms with Crippen molar-refractivity contribution in [1.82, 2.24) is 14.3 Å². The zero-order valence-corrected chi connectivity index (χ0v) is 14.6. The lowest BCUT2D eigenvalue weighted by molar-refractivity contribution is -0.140. The van der Waals surface area contributed by atoms with Crippen LogP contribution in [0.2, 0.25) is 0 Å². The van der Waals surface area contributed by atoms with Gasteiger partial charge in [0.1, 0.15) is 5.82 Å². The molecule has 1 N–H and O–H groups in total. The number of hydrogen-bond donors (Lipinski definition) is 1. The van der Waals surface area contributed by atoms with Gasteiger partial charge in [-0.3, -0.25) is 9.36 Å². The summed E-state index contributed by atoms with van der Waals surface area (Å²) in [5.74, 6) is -1.57. The molecule has 0 unspecified atom stereocenters. The van der Waals surface area contributed by atoms with Crippen molar-refractivity contribution in [3.63, 3.8) is 0 Å². The second kappa shape index (κ2) is 7.16. The molecule has 0 bridgehead atoms. The van der Waals surface area contributed by atoms with Crippen LogP contribution in [0.4, 0.5) is 17.6 Å². The summed E-state index contributed by atoms with van der Waals surface area (Å²) in [6, 6.07) is 1.40. The predicted molar refractivity (Wildman–Crippen MR) is 84.6 cm³/mol. The van der Waals surface area contributed by atoms with Gasteiger partial charge < -0.3 is 0 Å². The molecule has 0 aliphatic rings. The zero-order valence-electron chi connectivity index (χ0n) is 13.8. The minimum absolute atomic E-state index is 0.0699. The number of aromatic nitrogens is 2. The van der Waals surface area contributed by atoms with Gasteiger partial charge in [0.2, 0.25) is 10.0 Å². The summed E-state index contributed by atoms with van der Waals surface area (Å²) in [6.07, 6.45) is -3.77. The van der Waals surface area contributed by atoms with E-state index in [-0.39, 0.29) is 24.7 Å². The summed E-state index contributed by atoms with van der Waals surface area (Å²) in [5, 5.41) is 0. The number of aryl methyl sites for hydroxylation is 1. The van der Waals surface area contributed by atoms with Crippen molar-refractivity contribution < 1.29 is 26.0 Å². The second-order valence-corrected chi connectivity index (χ2v) is 7.26. The largest absolute Gasteiger partial charge is 0.419 e. The number of hydrogen-bond acceptors (Lipinski definition) is 4. The van der Waals surface area contributed by atoms with Gasteiger partial charge in [-0.25, -0.2) is 22.5 Å². The second-order valence-electron chi connectivity index (χ2n) is 5.49. The van der Waals surface area contributed by atoms with E-state index >= 15 is 0 Å². The fourth-order valence-corrected chi connectivity index (χ4v) is 3.15. The van der Waals surface area contributed by atoms with Crippen LogP contribution >= 0.6 is 0 Å². The molecule has 0 amide bonds. The van der Waals surface area contributed by atoms with Gasteiger partial charge in [0.15, 0.2) is 0 Å². The predicted octanol–water partition coefficient (Wildman–Crippen LogP) is 2.00. The summed E-state index contributed by atoms with van der Waals surface area (Å²) in [4.78, 5) is 15.2. The molecule has 0 atom stereocenters. The Bertz CT molecular complexity index is 985. The number of rotatable bonds is 5. The molecule has 0 aliphatic carbocycles. The first-order valence-electron chi connectivity index (χ1n) is 7.32. The molecule has 0 aliphatic heterocycles. The van der Waals surface area contributed by atoms with Crippen molar-refractivity contribution in [2.45, 2.75) is 31.5 Å². The van der Waals surface area contributed by atoms with Crippen molar-refractivity contribution in [1.29, 1.82) is 0 Å². The highest BCUT2D eigenvalue weighted by molar-refractivity contribution is 7.89. The molecule has 142 valence electrons. The average molecular weight is 393 g/mol. The van der Waals surface area contributed by atoms with Crippen molar-refractivity contribution in [3.05, 3.63) is 57.5 Å². The lowest BCUT2D eigenvalue weighted by Crippen LogP contribution is -2.32. The highest BCUT2D eigenvalue weighted by Gasteiger charge is 2.35. The SMILES string of the molecule is Cc1ncn(CCNS(=O)(=O)c2ccc(F)c(C(F)(F)F)c2)c(=O)c1C. The molecule has 2 rings (SSSR count). The Kier molecular flexibility index (Phi) is 5.52. The number of sulfonamides is 1. The average Bonchev–Trinajstić information content (AvgIpc) is 2.54. The summed E-state index contributed by atoms with van der Waals surface area (Å²) < 4.78 is 78.9. The lowest BCUT2D eigenvalue weighted by Gasteiger charge is -2.12. The van der Waals surface area contributed by atoms with Gasteiger partial charge in [-0.15, -0.1) is 0 Å². The van der Waals surface area contributed by atoms with Crippen LogP contribution in [0.3, 0.4) is 0 Å². The van der Waals surface area contributed by atoms with Crippen LogP contribution in [-0.4, -0.2) is 24.5 Å². The van der Waals surface area contributed by atoms with Crippen molar-refractivity contribution in [2.75, 3.05) is 6.54 Å². The summed E-state index contributed by atoms with van der Waals surface area (Å²) in [7, 11) is -4.31. The molecule has 0 spiro atoms. The van der Waals surface area contributed by atoms with Crippen molar-refractivity contribution >= 4 is 10.0 Å². The van der Waals surface area contributed by atoms with Crippen LogP contribution < -0.4 is 10.3 Å². The van der Waals surface area contributed by atoms with E-state index in [1.54, 1.807) is 13.8 Å². The van der Waals surface area contributed by atoms with Crippen molar-refractivity contribution in [3.8, 4) is 0 Å². The fraction of sp³-hybridized carbons (Fsp3) is 0.333. The molecule has 1 aromatic carbocycles. The number of alkyl halides is 3. The van der Waals surface area contributed by atoms with Gasteiger partial charge in [0, 0.05) is 24.3 Å². The smallest absolute Gasteiger partial charge is 0.298 e. The molecular formula is C15H15F4N3O3S. The minimum atomic E-state index is -5.02. The van der Waals surface area contributed by atoms with Gasteiger partial charge in [-0.05, 0) is 32.0 Å². The van der Waals surface area contributed by atoms with Gasteiger partial charge in [0.25, 0.3) is 5.56 Å². The fourth-order valence-electron chi connectivity index (χ4n) is 2.11. The van der Waals surface area contributed by atoms with E-state index in [0.29, 0.717) is 17.3 Å². The van der Waals surface area contributed by atoms with E-state index in [4.69, 9.17) is 0 Å². The van der Waals surface area contributed by atoms with Crippen LogP contribution in [0.1, 0.15) is 16.8 Å². The normalized spacial score (nSPS) is 12.4. The Morgan fingerprint density at radius 2 is 1.88 bits per heavy atom. The Balaban J connectivity index is 2.18. The van der Waals surface area contributed by atoms with E-state index in [1.807, 2.05) is 0 Å². The molecule has 2 aromatic rings. The molecule has 0 fully saturated rings. The van der Waals surface area contributed by atoms with Crippen LogP contribution in [0.25, 0.3) is 0 Å². The molecule has 1 aromatic heterocycles. The summed E-state index contributed by atoms with van der Waals surface area (Å²) in [6.45, 7) is 2.89. The van der Waals surface area contributed by atoms with E-state index in [2.05, 4.69) is 9.71 Å². The molecule has 11 heteroatoms. The molecule has 26 heavy (non-hydrogen) atoms. The first-order valence-corrected chi connectivity index (χ1v) is 8.81. The molecule has 0 saturated carbocycles. The van der Waals surface area contributed by atoms with Gasteiger partial charge in [0.05, 0.1) is 16.8 Å². The molecule has 0 saturated heterocycles. The van der Waals surface area contributed by atoms with E-state index in [1.165, 1.54) is 10.9 Å². The quantitative estimate of drug-likeness (QED) is 0.788. The zero-order chi connectivity index (χ0) is 19.7. The Morgan fingerprint density at radius 3 is 2.50 bits per heavy atom. The number of nitrogens with one attached hydrogen (secondary N) is 1. The Labute approximate surface area is 146 Å². The number of nitrogens with zero attached hydrogens (tertiary/aromatic N) is 2. The van der Waals surface area contributed by atoms with E-state index in [0.717, 1.165) is 6.07 Å². The first-order chi connectivity index (χ1) is 11.9. The Morgan fingerprint density at radius 1 is 1.23 bits per heavy atom. The van der Waals surface area contributed by atoms with Gasteiger partial charge >= 0.3 is 6.18 Å². The Hall–Kier alpha value is -2.27. The van der Waals surface area contributed by atoms with Crippen LogP contribution in [0, 0.1) is 19.7 Å². The number of halogens is 4. The van der Waals surface area contributed by atoms with Gasteiger partial charge in [-0.1, -0.05) is 0 Å². The summed E-state index contributed by atoms with van der Waals surface area (Å²) in [5.41, 5.74) is -1.07. The van der Waals surface area contributed by atoms with Crippen molar-refractivity contribution in [2.24, 2.45) is 0 Å². The molecule has 1 heterocycles. The molecular weight excluding hydrogens is 378 g/mol. The maximum atomic E-state index is 13.3. The first kappa shape index (κ1) is 20.0. The third-order valence-corrected chi connectivity index (χ3v) is 5.17. The third-order valence-electron chi connectivity index (χ3n) is 3.71. The van der Waals surface area contributed by atoms with Crippen LogP contribution in [0.5, 0.6) is 0 Å². The van der Waals surface area contributed by atoms with E-state index < -0.39 is 32.5 Å². The highest BCUT2D eigenvalue weighted by Crippen LogP contribution is 2.32. The molecule has 0 radical (unpaired) electrons. The monoisotopic (exact) mass is 393 g/mol. The maximum Gasteiger partial charge on any atom is 0.419 e. The van der Waals surface area contributed by atoms with E-state index in [9.17, 15) is 30.8 Å². The third kappa shape index (κ3) is 4.28. The topological polar surface area (TPSA) is 81.1 Å². The highest BCUT2D eigenvalue weighted by atomic mass is 32.2. The van der Waals surface area contributed by atoms with Crippen LogP contribution in [-0.2, 0) is 22.7 Å². The van der Waals surface area contributed by atoms with Crippen LogP contribution in [0.15, 0.2) is 34.2 Å². The lowest BCUT2D eigenvalue weighted by atomic mass is 10.2. The summed E-state index contributed by atoms with van der Waals surface area (Å²) >= 11 is 0. The number of benzene rings is 1. The molecule has 6 nitrogen and oxygen atoms in total. The standard InChI is InChI=1S/C15H15F4N3O3S/c1-9-10(2)20-8-22(14(9)23)6-5-21-26(24,25)11-3-4-13(16)12(7-11)15(17,18)19/h3-4,7-8,21H,5-6H2,1-2H3. The minimum Gasteiger partial charge on any atom is -0.298 e.